The van der Waals surface area contributed by atoms with E-state index < -0.39 is 17.5 Å². The highest BCUT2D eigenvalue weighted by atomic mass is 79.9. The monoisotopic (exact) mass is 359 g/mol. The van der Waals surface area contributed by atoms with Crippen LogP contribution in [0.25, 0.3) is 0 Å². The quantitative estimate of drug-likeness (QED) is 0.603. The van der Waals surface area contributed by atoms with Crippen molar-refractivity contribution in [1.82, 2.24) is 10.3 Å². The van der Waals surface area contributed by atoms with E-state index in [1.165, 1.54) is 12.1 Å². The van der Waals surface area contributed by atoms with Crippen molar-refractivity contribution >= 4 is 33.7 Å². The van der Waals surface area contributed by atoms with Crippen LogP contribution in [0.5, 0.6) is 5.75 Å². The Morgan fingerprint density at radius 1 is 1.33 bits per heavy atom. The molecule has 0 atom stereocenters. The van der Waals surface area contributed by atoms with Gasteiger partial charge in [-0.2, -0.15) is 0 Å². The van der Waals surface area contributed by atoms with Crippen LogP contribution in [0.15, 0.2) is 16.7 Å². The summed E-state index contributed by atoms with van der Waals surface area (Å²) < 4.78 is 5.60. The van der Waals surface area contributed by atoms with Crippen LogP contribution in [-0.4, -0.2) is 46.0 Å². The molecule has 0 unspecified atom stereocenters. The third-order valence-electron chi connectivity index (χ3n) is 3.20. The Bertz CT molecular complexity index is 560. The molecular weight excluding hydrogens is 346 g/mol. The molecule has 0 aliphatic carbocycles. The number of rotatable bonds is 3. The summed E-state index contributed by atoms with van der Waals surface area (Å²) in [6.07, 6.45) is -0.877. The number of nitrogens with zero attached hydrogens (tertiary/aromatic N) is 1. The summed E-state index contributed by atoms with van der Waals surface area (Å²) >= 11 is 3.13. The molecule has 114 valence electrons. The van der Waals surface area contributed by atoms with E-state index in [1.54, 1.807) is 0 Å². The molecular formula is C12H14BrN3O5. The Hall–Kier alpha value is -1.87. The number of amides is 2. The van der Waals surface area contributed by atoms with Gasteiger partial charge in [0.2, 0.25) is 0 Å². The van der Waals surface area contributed by atoms with Gasteiger partial charge in [0.15, 0.2) is 11.6 Å². The first-order valence-electron chi connectivity index (χ1n) is 6.19. The van der Waals surface area contributed by atoms with Crippen LogP contribution in [0.1, 0.15) is 12.8 Å². The predicted octanol–water partition coefficient (Wildman–Crippen LogP) is 1.30. The van der Waals surface area contributed by atoms with Crippen LogP contribution >= 0.6 is 15.9 Å². The first-order valence-corrected chi connectivity index (χ1v) is 6.98. The average Bonchev–Trinajstić information content (AvgIpc) is 2.43. The average molecular weight is 360 g/mol. The lowest BCUT2D eigenvalue weighted by Crippen LogP contribution is -2.59. The number of carbonyl (C=O) groups excluding carboxylic acids is 1. The summed E-state index contributed by atoms with van der Waals surface area (Å²) in [6.45, 7) is 0.539. The van der Waals surface area contributed by atoms with Crippen molar-refractivity contribution in [2.75, 3.05) is 18.5 Å². The van der Waals surface area contributed by atoms with Crippen LogP contribution in [-0.2, 0) is 9.53 Å². The minimum Gasteiger partial charge on any atom is -0.504 e. The summed E-state index contributed by atoms with van der Waals surface area (Å²) in [5.74, 6) is -0.814. The maximum atomic E-state index is 12.4. The molecule has 0 aromatic carbocycles. The lowest BCUT2D eigenvalue weighted by molar-refractivity contribution is -0.126. The summed E-state index contributed by atoms with van der Waals surface area (Å²) in [5.41, 5.74) is -1.29. The smallest absolute Gasteiger partial charge is 0.405 e. The molecule has 0 bridgehead atoms. The van der Waals surface area contributed by atoms with E-state index in [0.717, 1.165) is 0 Å². The fourth-order valence-electron chi connectivity index (χ4n) is 2.08. The predicted molar refractivity (Wildman–Crippen MR) is 76.2 cm³/mol. The SMILES string of the molecule is O=C(O)NC1(C(=O)Nc2nc(Br)ccc2O)CCOCC1. The molecule has 1 aliphatic rings. The molecule has 2 rings (SSSR count). The number of aromatic nitrogens is 1. The molecule has 2 heterocycles. The molecule has 1 saturated heterocycles. The van der Waals surface area contributed by atoms with Gasteiger partial charge < -0.3 is 25.6 Å². The van der Waals surface area contributed by atoms with Gasteiger partial charge in [-0.3, -0.25) is 4.79 Å². The first-order chi connectivity index (χ1) is 9.93. The van der Waals surface area contributed by atoms with Crippen molar-refractivity contribution in [3.05, 3.63) is 16.7 Å². The van der Waals surface area contributed by atoms with Crippen molar-refractivity contribution in [1.29, 1.82) is 0 Å². The number of hydrogen-bond acceptors (Lipinski definition) is 5. The molecule has 1 aromatic heterocycles. The Morgan fingerprint density at radius 2 is 2.00 bits per heavy atom. The van der Waals surface area contributed by atoms with Gasteiger partial charge in [0.1, 0.15) is 10.1 Å². The molecule has 0 radical (unpaired) electrons. The van der Waals surface area contributed by atoms with Gasteiger partial charge in [0.05, 0.1) is 0 Å². The van der Waals surface area contributed by atoms with E-state index in [2.05, 4.69) is 31.5 Å². The third-order valence-corrected chi connectivity index (χ3v) is 3.64. The van der Waals surface area contributed by atoms with Gasteiger partial charge in [-0.1, -0.05) is 0 Å². The third kappa shape index (κ3) is 3.61. The number of hydrogen-bond donors (Lipinski definition) is 4. The topological polar surface area (TPSA) is 121 Å². The molecule has 1 aromatic rings. The van der Waals surface area contributed by atoms with Crippen molar-refractivity contribution in [2.45, 2.75) is 18.4 Å². The summed E-state index contributed by atoms with van der Waals surface area (Å²) in [6, 6.07) is 2.89. The van der Waals surface area contributed by atoms with Crippen LogP contribution in [0.2, 0.25) is 0 Å². The van der Waals surface area contributed by atoms with Crippen LogP contribution in [0.3, 0.4) is 0 Å². The second-order valence-electron chi connectivity index (χ2n) is 4.58. The van der Waals surface area contributed by atoms with E-state index in [9.17, 15) is 14.7 Å². The summed E-state index contributed by atoms with van der Waals surface area (Å²) in [4.78, 5) is 27.3. The molecule has 0 saturated carbocycles. The molecule has 4 N–H and O–H groups in total. The number of pyridine rings is 1. The highest BCUT2D eigenvalue weighted by Crippen LogP contribution is 2.27. The van der Waals surface area contributed by atoms with Gasteiger partial charge in [-0.15, -0.1) is 0 Å². The lowest BCUT2D eigenvalue weighted by atomic mass is 9.89. The van der Waals surface area contributed by atoms with Crippen LogP contribution < -0.4 is 10.6 Å². The number of carbonyl (C=O) groups is 2. The normalized spacial score (nSPS) is 17.0. The minimum atomic E-state index is -1.29. The fourth-order valence-corrected chi connectivity index (χ4v) is 2.39. The van der Waals surface area contributed by atoms with Gasteiger partial charge >= 0.3 is 6.09 Å². The largest absolute Gasteiger partial charge is 0.504 e. The van der Waals surface area contributed by atoms with Crippen molar-refractivity contribution < 1.29 is 24.5 Å². The molecule has 2 amide bonds. The maximum Gasteiger partial charge on any atom is 0.405 e. The molecule has 21 heavy (non-hydrogen) atoms. The van der Waals surface area contributed by atoms with Crippen LogP contribution in [0.4, 0.5) is 10.6 Å². The number of halogens is 1. The highest BCUT2D eigenvalue weighted by Gasteiger charge is 2.42. The van der Waals surface area contributed by atoms with Gasteiger partial charge in [0.25, 0.3) is 5.91 Å². The zero-order valence-corrected chi connectivity index (χ0v) is 12.5. The number of nitrogens with one attached hydrogen (secondary N) is 2. The number of ether oxygens (including phenoxy) is 1. The zero-order chi connectivity index (χ0) is 15.5. The first kappa shape index (κ1) is 15.5. The standard InChI is InChI=1S/C12H14BrN3O5/c13-8-2-1-7(17)9(14-8)15-10(18)12(16-11(19)20)3-5-21-6-4-12/h1-2,16-17H,3-6H2,(H,19,20)(H,14,15,18). The maximum absolute atomic E-state index is 12.4. The lowest BCUT2D eigenvalue weighted by Gasteiger charge is -2.35. The Balaban J connectivity index is 2.22. The van der Waals surface area contributed by atoms with Crippen molar-refractivity contribution in [3.63, 3.8) is 0 Å². The van der Waals surface area contributed by atoms with E-state index in [0.29, 0.717) is 4.60 Å². The van der Waals surface area contributed by atoms with E-state index in [-0.39, 0.29) is 37.6 Å². The van der Waals surface area contributed by atoms with Crippen LogP contribution in [0, 0.1) is 0 Å². The Morgan fingerprint density at radius 3 is 2.62 bits per heavy atom. The molecule has 8 nitrogen and oxygen atoms in total. The van der Waals surface area contributed by atoms with E-state index in [4.69, 9.17) is 9.84 Å². The Kier molecular flexibility index (Phi) is 4.63. The molecule has 1 aliphatic heterocycles. The van der Waals surface area contributed by atoms with Crippen molar-refractivity contribution in [2.24, 2.45) is 0 Å². The van der Waals surface area contributed by atoms with Gasteiger partial charge in [0, 0.05) is 26.1 Å². The second kappa shape index (κ2) is 6.27. The number of carboxylic acid groups (broad SMARTS) is 1. The zero-order valence-electron chi connectivity index (χ0n) is 10.9. The second-order valence-corrected chi connectivity index (χ2v) is 5.39. The minimum absolute atomic E-state index is 0.0348. The number of aromatic hydroxyl groups is 1. The van der Waals surface area contributed by atoms with E-state index >= 15 is 0 Å². The summed E-state index contributed by atoms with van der Waals surface area (Å²) in [7, 11) is 0. The molecule has 9 heteroatoms. The van der Waals surface area contributed by atoms with Gasteiger partial charge in [-0.05, 0) is 28.1 Å². The molecule has 1 fully saturated rings. The van der Waals surface area contributed by atoms with E-state index in [1.807, 2.05) is 0 Å². The van der Waals surface area contributed by atoms with Crippen molar-refractivity contribution in [3.8, 4) is 5.75 Å². The highest BCUT2D eigenvalue weighted by molar-refractivity contribution is 9.10. The summed E-state index contributed by atoms with van der Waals surface area (Å²) in [5, 5.41) is 23.3. The van der Waals surface area contributed by atoms with Gasteiger partial charge in [-0.25, -0.2) is 9.78 Å². The molecule has 0 spiro atoms. The number of anilines is 1. The Labute approximate surface area is 128 Å². The fraction of sp³-hybridized carbons (Fsp3) is 0.417.